The van der Waals surface area contributed by atoms with Gasteiger partial charge < -0.3 is 0 Å². The largest absolute Gasteiger partial charge is 0.275 e. The molecule has 0 bridgehead atoms. The molecule has 0 aliphatic heterocycles. The van der Waals surface area contributed by atoms with Gasteiger partial charge in [0.05, 0.1) is 5.69 Å². The van der Waals surface area contributed by atoms with Crippen LogP contribution in [0.2, 0.25) is 0 Å². The van der Waals surface area contributed by atoms with Crippen molar-refractivity contribution in [3.63, 3.8) is 0 Å². The third-order valence-corrected chi connectivity index (χ3v) is 2.04. The second-order valence-electron chi connectivity index (χ2n) is 2.02. The minimum absolute atomic E-state index is 0.653. The molecule has 1 radical (unpaired) electrons. The fraction of sp³-hybridized carbons (Fsp3) is 0.143. The molecule has 59 valence electrons. The Balaban J connectivity index is 2.94. The summed E-state index contributed by atoms with van der Waals surface area (Å²) in [4.78, 5) is 0. The lowest BCUT2D eigenvalue weighted by Gasteiger charge is -2.09. The Bertz CT molecular complexity index is 287. The molecule has 0 amide bonds. The summed E-state index contributed by atoms with van der Waals surface area (Å²) in [6, 6.07) is 9.52. The second-order valence-corrected chi connectivity index (χ2v) is 3.10. The first kappa shape index (κ1) is 8.07. The summed E-state index contributed by atoms with van der Waals surface area (Å²) in [7, 11) is -1.02. The van der Waals surface area contributed by atoms with Gasteiger partial charge in [-0.05, 0) is 18.2 Å². The van der Waals surface area contributed by atoms with Crippen LogP contribution in [0, 0.1) is 6.07 Å². The average Bonchev–Trinajstić information content (AvgIpc) is 2.05. The van der Waals surface area contributed by atoms with E-state index in [1.165, 1.54) is 11.4 Å². The Kier molecular flexibility index (Phi) is 2.48. The lowest BCUT2D eigenvalue weighted by atomic mass is 10.3. The van der Waals surface area contributed by atoms with Gasteiger partial charge in [-0.3, -0.25) is 4.31 Å². The van der Waals surface area contributed by atoms with Crippen LogP contribution in [0.15, 0.2) is 24.3 Å². The maximum atomic E-state index is 10.5. The van der Waals surface area contributed by atoms with E-state index in [-0.39, 0.29) is 0 Å². The summed E-state index contributed by atoms with van der Waals surface area (Å²) in [5, 5.41) is 0. The van der Waals surface area contributed by atoms with Crippen molar-refractivity contribution < 1.29 is 8.42 Å². The number of anilines is 1. The van der Waals surface area contributed by atoms with Crippen LogP contribution >= 0.6 is 0 Å². The highest BCUT2D eigenvalue weighted by Gasteiger charge is 1.98. The van der Waals surface area contributed by atoms with Gasteiger partial charge in [0.2, 0.25) is 10.9 Å². The second kappa shape index (κ2) is 3.39. The van der Waals surface area contributed by atoms with E-state index in [9.17, 15) is 8.42 Å². The Labute approximate surface area is 67.3 Å². The predicted octanol–water partition coefficient (Wildman–Crippen LogP) is 0.449. The Morgan fingerprint density at radius 2 is 1.91 bits per heavy atom. The molecular formula is C7H8NO2S. The van der Waals surface area contributed by atoms with E-state index in [1.54, 1.807) is 24.3 Å². The van der Waals surface area contributed by atoms with Crippen LogP contribution in [0.1, 0.15) is 0 Å². The monoisotopic (exact) mass is 170 g/mol. The molecule has 0 spiro atoms. The third kappa shape index (κ3) is 1.94. The maximum Gasteiger partial charge on any atom is 0.224 e. The summed E-state index contributed by atoms with van der Waals surface area (Å²) >= 11 is 0. The number of benzene rings is 1. The van der Waals surface area contributed by atoms with E-state index in [0.717, 1.165) is 0 Å². The highest BCUT2D eigenvalue weighted by Crippen LogP contribution is 2.09. The lowest BCUT2D eigenvalue weighted by molar-refractivity contribution is 0.613. The lowest BCUT2D eigenvalue weighted by Crippen LogP contribution is -2.13. The van der Waals surface area contributed by atoms with Crippen LogP contribution in [0.4, 0.5) is 5.69 Å². The molecule has 1 rings (SSSR count). The van der Waals surface area contributed by atoms with E-state index in [2.05, 4.69) is 6.07 Å². The average molecular weight is 170 g/mol. The zero-order valence-corrected chi connectivity index (χ0v) is 6.91. The molecule has 0 N–H and O–H groups in total. The molecule has 0 unspecified atom stereocenters. The number of hydrogen-bond donors (Lipinski definition) is 1. The van der Waals surface area contributed by atoms with Crippen LogP contribution < -0.4 is 4.31 Å². The molecule has 0 saturated carbocycles. The number of thiol groups is 1. The standard InChI is InChI=1S/C7H8NO2S/c1-8(11(9)10)7-5-3-2-4-6-7/h3-6,11H,1H3. The molecule has 11 heavy (non-hydrogen) atoms. The maximum absolute atomic E-state index is 10.5. The molecule has 0 aliphatic carbocycles. The Morgan fingerprint density at radius 1 is 1.36 bits per heavy atom. The molecular weight excluding hydrogens is 162 g/mol. The first-order valence-electron chi connectivity index (χ1n) is 3.06. The summed E-state index contributed by atoms with van der Waals surface area (Å²) in [6.45, 7) is 0. The Hall–Kier alpha value is -1.03. The smallest absolute Gasteiger partial charge is 0.224 e. The molecule has 1 aromatic rings. The van der Waals surface area contributed by atoms with Crippen molar-refractivity contribution in [3.05, 3.63) is 30.3 Å². The highest BCUT2D eigenvalue weighted by atomic mass is 32.2. The number of nitrogens with zero attached hydrogens (tertiary/aromatic N) is 1. The zero-order chi connectivity index (χ0) is 8.27. The SMILES string of the molecule is CN(c1cc[c]cc1)[SH](=O)=O. The van der Waals surface area contributed by atoms with Gasteiger partial charge in [-0.2, -0.15) is 0 Å². The normalized spacial score (nSPS) is 10.0. The summed E-state index contributed by atoms with van der Waals surface area (Å²) < 4.78 is 22.1. The fourth-order valence-corrected chi connectivity index (χ4v) is 1.01. The number of rotatable bonds is 2. The van der Waals surface area contributed by atoms with E-state index in [0.29, 0.717) is 5.69 Å². The molecule has 0 fully saturated rings. The van der Waals surface area contributed by atoms with Gasteiger partial charge in [0.15, 0.2) is 0 Å². The van der Waals surface area contributed by atoms with Gasteiger partial charge in [-0.15, -0.1) is 0 Å². The Morgan fingerprint density at radius 3 is 2.36 bits per heavy atom. The van der Waals surface area contributed by atoms with Gasteiger partial charge in [0.25, 0.3) is 0 Å². The third-order valence-electron chi connectivity index (χ3n) is 1.32. The van der Waals surface area contributed by atoms with E-state index < -0.39 is 10.9 Å². The minimum Gasteiger partial charge on any atom is -0.275 e. The molecule has 0 heterocycles. The summed E-state index contributed by atoms with van der Waals surface area (Å²) in [5.74, 6) is 0. The summed E-state index contributed by atoms with van der Waals surface area (Å²) in [6.07, 6.45) is 0. The van der Waals surface area contributed by atoms with E-state index in [1.807, 2.05) is 0 Å². The summed E-state index contributed by atoms with van der Waals surface area (Å²) in [5.41, 5.74) is 0.653. The van der Waals surface area contributed by atoms with Crippen molar-refractivity contribution in [2.24, 2.45) is 0 Å². The van der Waals surface area contributed by atoms with Crippen molar-refractivity contribution in [1.29, 1.82) is 0 Å². The van der Waals surface area contributed by atoms with Gasteiger partial charge in [0.1, 0.15) is 0 Å². The molecule has 0 aliphatic rings. The van der Waals surface area contributed by atoms with Gasteiger partial charge in [-0.25, -0.2) is 8.42 Å². The highest BCUT2D eigenvalue weighted by molar-refractivity contribution is 7.74. The van der Waals surface area contributed by atoms with Crippen molar-refractivity contribution in [2.45, 2.75) is 0 Å². The molecule has 0 atom stereocenters. The van der Waals surface area contributed by atoms with Gasteiger partial charge in [-0.1, -0.05) is 12.1 Å². The predicted molar refractivity (Wildman–Crippen MR) is 44.0 cm³/mol. The van der Waals surface area contributed by atoms with Gasteiger partial charge >= 0.3 is 0 Å². The molecule has 3 nitrogen and oxygen atoms in total. The van der Waals surface area contributed by atoms with Crippen molar-refractivity contribution in [3.8, 4) is 0 Å². The molecule has 1 aromatic carbocycles. The first-order valence-corrected chi connectivity index (χ1v) is 4.19. The topological polar surface area (TPSA) is 37.4 Å². The first-order chi connectivity index (χ1) is 5.22. The van der Waals surface area contributed by atoms with Crippen molar-refractivity contribution >= 4 is 16.6 Å². The van der Waals surface area contributed by atoms with Crippen LogP contribution in [-0.4, -0.2) is 15.5 Å². The van der Waals surface area contributed by atoms with Gasteiger partial charge in [0, 0.05) is 7.05 Å². The van der Waals surface area contributed by atoms with Crippen molar-refractivity contribution in [2.75, 3.05) is 11.4 Å². The van der Waals surface area contributed by atoms with Crippen LogP contribution in [0.3, 0.4) is 0 Å². The van der Waals surface area contributed by atoms with Crippen LogP contribution in [-0.2, 0) is 10.9 Å². The van der Waals surface area contributed by atoms with E-state index in [4.69, 9.17) is 0 Å². The van der Waals surface area contributed by atoms with E-state index >= 15 is 0 Å². The fourth-order valence-electron chi connectivity index (χ4n) is 0.688. The van der Waals surface area contributed by atoms with Crippen molar-refractivity contribution in [1.82, 2.24) is 0 Å². The minimum atomic E-state index is -2.52. The molecule has 0 saturated heterocycles. The van der Waals surface area contributed by atoms with Crippen LogP contribution in [0.5, 0.6) is 0 Å². The molecule has 0 aromatic heterocycles. The van der Waals surface area contributed by atoms with Crippen LogP contribution in [0.25, 0.3) is 0 Å². The quantitative estimate of drug-likeness (QED) is 0.654. The zero-order valence-electron chi connectivity index (χ0n) is 6.02. The number of hydrogen-bond acceptors (Lipinski definition) is 2. The molecule has 4 heteroatoms.